The number of amides is 1. The number of benzene rings is 2. The number of carbonyl (C=O) groups is 2. The number of fused-ring (bicyclic) bond motifs is 1. The lowest BCUT2D eigenvalue weighted by atomic mass is 10.1. The number of nitrogens with two attached hydrogens (primary N) is 1. The summed E-state index contributed by atoms with van der Waals surface area (Å²) < 4.78 is 74.1. The molecule has 0 radical (unpaired) electrons. The van der Waals surface area contributed by atoms with Gasteiger partial charge >= 0.3 is 10.2 Å². The fraction of sp³-hybridized carbons (Fsp3) is 0.273. The molecule has 0 saturated carbocycles. The van der Waals surface area contributed by atoms with Crippen molar-refractivity contribution < 1.29 is 33.8 Å². The molecule has 35 heavy (non-hydrogen) atoms. The molecule has 1 heterocycles. The van der Waals surface area contributed by atoms with Crippen molar-refractivity contribution in [3.63, 3.8) is 0 Å². The molecule has 3 rings (SSSR count). The highest BCUT2D eigenvalue weighted by atomic mass is 32.5. The number of carbonyl (C=O) groups excluding carboxylic acids is 2. The van der Waals surface area contributed by atoms with Gasteiger partial charge in [-0.1, -0.05) is 19.4 Å². The Hall–Kier alpha value is -3.48. The van der Waals surface area contributed by atoms with Crippen molar-refractivity contribution in [1.82, 2.24) is 9.88 Å². The molecule has 2 aromatic carbocycles. The molecule has 3 aromatic rings. The Morgan fingerprint density at radius 2 is 1.74 bits per heavy atom. The summed E-state index contributed by atoms with van der Waals surface area (Å²) in [5.41, 5.74) is 5.54. The van der Waals surface area contributed by atoms with E-state index in [1.54, 1.807) is 19.9 Å². The molecule has 1 aromatic heterocycles. The van der Waals surface area contributed by atoms with Gasteiger partial charge < -0.3 is 25.7 Å². The number of ether oxygens (including phenoxy) is 1. The van der Waals surface area contributed by atoms with Crippen molar-refractivity contribution in [2.75, 3.05) is 31.2 Å². The second-order valence-corrected chi connectivity index (χ2v) is 10.2. The maximum Gasteiger partial charge on any atom is 0.310 e. The number of hydrogen-bond donors (Lipinski definition) is 3. The van der Waals surface area contributed by atoms with Crippen LogP contribution in [0.2, 0.25) is 0 Å². The molecule has 192 valence electrons. The summed E-state index contributed by atoms with van der Waals surface area (Å²) in [6.45, 7) is 3.22. The number of Topliss-reactive ketones (excluding diaryl/α,β-unsaturated/α-hetero) is 1. The lowest BCUT2D eigenvalue weighted by Crippen LogP contribution is -2.19. The van der Waals surface area contributed by atoms with Gasteiger partial charge in [-0.05, 0) is 44.2 Å². The van der Waals surface area contributed by atoms with Crippen molar-refractivity contribution in [2.24, 2.45) is 0 Å². The molecule has 0 aliphatic carbocycles. The van der Waals surface area contributed by atoms with Crippen LogP contribution < -0.4 is 21.1 Å². The van der Waals surface area contributed by atoms with Crippen LogP contribution in [0.3, 0.4) is 0 Å². The van der Waals surface area contributed by atoms with Gasteiger partial charge in [0.2, 0.25) is 0 Å². The molecule has 0 saturated heterocycles. The minimum atomic E-state index is -10.0. The average molecular weight is 521 g/mol. The second kappa shape index (κ2) is 8.33. The Kier molecular flexibility index (Phi) is 6.22. The Labute approximate surface area is 198 Å². The Morgan fingerprint density at radius 3 is 2.31 bits per heavy atom. The number of nitrogen functional groups attached to an aromatic ring is 1. The third-order valence-electron chi connectivity index (χ3n) is 5.17. The zero-order chi connectivity index (χ0) is 26.2. The average Bonchev–Trinajstić information content (AvgIpc) is 3.05. The van der Waals surface area contributed by atoms with Crippen molar-refractivity contribution >= 4 is 44.2 Å². The van der Waals surface area contributed by atoms with Crippen LogP contribution in [0.5, 0.6) is 5.75 Å². The highest BCUT2D eigenvalue weighted by Crippen LogP contribution is 3.02. The van der Waals surface area contributed by atoms with Gasteiger partial charge in [-0.25, -0.2) is 0 Å². The van der Waals surface area contributed by atoms with E-state index < -0.39 is 38.9 Å². The fourth-order valence-corrected chi connectivity index (χ4v) is 4.27. The Bertz CT molecular complexity index is 1320. The predicted octanol–water partition coefficient (Wildman–Crippen LogP) is 5.95. The van der Waals surface area contributed by atoms with E-state index in [-0.39, 0.29) is 48.1 Å². The first-order valence-electron chi connectivity index (χ1n) is 10.5. The zero-order valence-corrected chi connectivity index (χ0v) is 19.9. The maximum absolute atomic E-state index is 13.5. The summed E-state index contributed by atoms with van der Waals surface area (Å²) in [5.74, 6) is -0.947. The SMILES string of the molecule is CCNc1cc(C(=O)Cn2cc3cc(OCC)c(C(=O)NC)cc3c2N)cc(S(F)(F)(F)(F)F)c1. The molecule has 7 nitrogen and oxygen atoms in total. The highest BCUT2D eigenvalue weighted by molar-refractivity contribution is 8.45. The summed E-state index contributed by atoms with van der Waals surface area (Å²) in [6, 6.07) is 4.55. The lowest BCUT2D eigenvalue weighted by Gasteiger charge is -2.40. The van der Waals surface area contributed by atoms with E-state index >= 15 is 0 Å². The molecule has 1 amide bonds. The Balaban J connectivity index is 2.06. The predicted molar refractivity (Wildman–Crippen MR) is 127 cm³/mol. The van der Waals surface area contributed by atoms with E-state index in [1.807, 2.05) is 0 Å². The lowest BCUT2D eigenvalue weighted by molar-refractivity contribution is 0.0955. The van der Waals surface area contributed by atoms with Gasteiger partial charge in [0.25, 0.3) is 5.91 Å². The van der Waals surface area contributed by atoms with E-state index in [0.29, 0.717) is 10.8 Å². The molecular formula is C22H25F5N4O3S. The molecule has 0 spiro atoms. The number of ketones is 1. The zero-order valence-electron chi connectivity index (χ0n) is 19.1. The Morgan fingerprint density at radius 1 is 1.06 bits per heavy atom. The van der Waals surface area contributed by atoms with Crippen LogP contribution >= 0.6 is 10.2 Å². The minimum absolute atomic E-state index is 0.0670. The number of anilines is 2. The van der Waals surface area contributed by atoms with Crippen molar-refractivity contribution in [2.45, 2.75) is 25.3 Å². The molecule has 0 aliphatic rings. The van der Waals surface area contributed by atoms with Crippen LogP contribution in [0.1, 0.15) is 34.6 Å². The van der Waals surface area contributed by atoms with Crippen LogP contribution in [0, 0.1) is 0 Å². The van der Waals surface area contributed by atoms with Gasteiger partial charge in [-0.2, -0.15) is 0 Å². The molecule has 0 unspecified atom stereocenters. The van der Waals surface area contributed by atoms with Gasteiger partial charge in [-0.15, -0.1) is 0 Å². The minimum Gasteiger partial charge on any atom is -0.493 e. The molecule has 4 N–H and O–H groups in total. The first-order chi connectivity index (χ1) is 16.1. The summed E-state index contributed by atoms with van der Waals surface area (Å²) in [6.07, 6.45) is 1.47. The third kappa shape index (κ3) is 5.61. The summed E-state index contributed by atoms with van der Waals surface area (Å²) >= 11 is 0. The quantitative estimate of drug-likeness (QED) is 0.239. The van der Waals surface area contributed by atoms with E-state index in [1.165, 1.54) is 23.9 Å². The van der Waals surface area contributed by atoms with Gasteiger partial charge in [0.15, 0.2) is 5.78 Å². The summed E-state index contributed by atoms with van der Waals surface area (Å²) in [5, 5.41) is 5.95. The summed E-state index contributed by atoms with van der Waals surface area (Å²) in [4.78, 5) is 23.0. The molecule has 13 heteroatoms. The van der Waals surface area contributed by atoms with Crippen LogP contribution in [-0.2, 0) is 6.54 Å². The van der Waals surface area contributed by atoms with Gasteiger partial charge in [-0.3, -0.25) is 9.59 Å². The van der Waals surface area contributed by atoms with Crippen LogP contribution in [0.4, 0.5) is 30.9 Å². The summed E-state index contributed by atoms with van der Waals surface area (Å²) in [7, 11) is -8.59. The van der Waals surface area contributed by atoms with Crippen molar-refractivity contribution in [3.05, 3.63) is 47.7 Å². The number of aromatic nitrogens is 1. The molecular weight excluding hydrogens is 495 g/mol. The number of nitrogens with zero attached hydrogens (tertiary/aromatic N) is 1. The van der Waals surface area contributed by atoms with Crippen LogP contribution in [0.25, 0.3) is 10.8 Å². The van der Waals surface area contributed by atoms with Crippen molar-refractivity contribution in [3.8, 4) is 5.75 Å². The molecule has 0 aliphatic heterocycles. The molecule has 0 atom stereocenters. The van der Waals surface area contributed by atoms with Crippen LogP contribution in [-0.4, -0.2) is 36.5 Å². The number of nitrogens with one attached hydrogen (secondary N) is 2. The van der Waals surface area contributed by atoms with Gasteiger partial charge in [0.05, 0.1) is 18.7 Å². The monoisotopic (exact) mass is 520 g/mol. The standard InChI is InChI=1S/C22H25F5N4O3S/c1-4-30-15-6-13(7-16(9-15)35(23,24,25,26)27)19(32)12-31-11-14-8-20(34-5-2)18(22(33)29-3)10-17(14)21(31)28/h6-11,30H,4-5,12,28H2,1-3H3,(H,29,33). The largest absolute Gasteiger partial charge is 0.493 e. The number of halogens is 5. The normalized spacial score (nSPS) is 13.7. The van der Waals surface area contributed by atoms with E-state index in [4.69, 9.17) is 10.5 Å². The highest BCUT2D eigenvalue weighted by Gasteiger charge is 2.65. The first kappa shape index (κ1) is 26.1. The number of hydrogen-bond acceptors (Lipinski definition) is 5. The third-order valence-corrected chi connectivity index (χ3v) is 6.30. The first-order valence-corrected chi connectivity index (χ1v) is 12.5. The molecule has 0 fully saturated rings. The van der Waals surface area contributed by atoms with Crippen LogP contribution in [0.15, 0.2) is 41.4 Å². The fourth-order valence-electron chi connectivity index (χ4n) is 3.57. The van der Waals surface area contributed by atoms with Gasteiger partial charge in [0.1, 0.15) is 16.5 Å². The topological polar surface area (TPSA) is 98.4 Å². The number of rotatable bonds is 9. The van der Waals surface area contributed by atoms with E-state index in [2.05, 4.69) is 10.6 Å². The van der Waals surface area contributed by atoms with Crippen molar-refractivity contribution in [1.29, 1.82) is 0 Å². The second-order valence-electron chi connectivity index (χ2n) is 7.76. The van der Waals surface area contributed by atoms with Gasteiger partial charge in [0, 0.05) is 41.8 Å². The van der Waals surface area contributed by atoms with E-state index in [9.17, 15) is 29.0 Å². The van der Waals surface area contributed by atoms with E-state index in [0.717, 1.165) is 6.07 Å². The molecule has 0 bridgehead atoms. The maximum atomic E-state index is 13.5. The smallest absolute Gasteiger partial charge is 0.310 e.